The minimum Gasteiger partial charge on any atom is -0.315 e. The summed E-state index contributed by atoms with van der Waals surface area (Å²) in [4.78, 5) is 4.64. The van der Waals surface area contributed by atoms with Gasteiger partial charge in [0.05, 0.1) is 6.61 Å². The third-order valence-electron chi connectivity index (χ3n) is 1.57. The maximum absolute atomic E-state index is 4.64. The second-order valence-electron chi connectivity index (χ2n) is 2.57. The van der Waals surface area contributed by atoms with Crippen molar-refractivity contribution in [3.63, 3.8) is 0 Å². The lowest BCUT2D eigenvalue weighted by molar-refractivity contribution is 0.128. The van der Waals surface area contributed by atoms with Gasteiger partial charge in [-0.3, -0.25) is 5.39 Å². The smallest absolute Gasteiger partial charge is 0.244 e. The first-order chi connectivity index (χ1) is 6.43. The van der Waals surface area contributed by atoms with Crippen LogP contribution in [0.2, 0.25) is 6.32 Å². The lowest BCUT2D eigenvalue weighted by atomic mass is 9.94. The van der Waals surface area contributed by atoms with E-state index in [0.717, 1.165) is 12.9 Å². The molecule has 1 heterocycles. The summed E-state index contributed by atoms with van der Waals surface area (Å²) in [6.45, 7) is 4.46. The fraction of sp³-hybridized carbons (Fsp3) is 0.200. The Bertz CT molecular complexity index is 226. The van der Waals surface area contributed by atoms with E-state index in [-0.39, 0.29) is 0 Å². The van der Waals surface area contributed by atoms with Gasteiger partial charge in [0.15, 0.2) is 0 Å². The van der Waals surface area contributed by atoms with Crippen LogP contribution in [0.4, 0.5) is 0 Å². The third-order valence-corrected chi connectivity index (χ3v) is 1.57. The first kappa shape index (κ1) is 10.0. The summed E-state index contributed by atoms with van der Waals surface area (Å²) in [5, 5.41) is 2.60. The predicted molar refractivity (Wildman–Crippen MR) is 56.2 cm³/mol. The van der Waals surface area contributed by atoms with Crippen molar-refractivity contribution in [2.45, 2.75) is 6.32 Å². The van der Waals surface area contributed by atoms with Crippen molar-refractivity contribution in [2.24, 2.45) is 0 Å². The molecular formula is C10H13BNO. The van der Waals surface area contributed by atoms with Crippen molar-refractivity contribution in [3.05, 3.63) is 42.5 Å². The molecule has 1 N–H and O–H groups in total. The minimum absolute atomic E-state index is 0.833. The van der Waals surface area contributed by atoms with Crippen molar-refractivity contribution in [1.82, 2.24) is 5.39 Å². The molecule has 1 aromatic rings. The summed E-state index contributed by atoms with van der Waals surface area (Å²) in [7, 11) is 1.89. The van der Waals surface area contributed by atoms with Crippen LogP contribution in [0.3, 0.4) is 0 Å². The van der Waals surface area contributed by atoms with Gasteiger partial charge in [-0.15, -0.1) is 0 Å². The van der Waals surface area contributed by atoms with E-state index in [1.807, 2.05) is 43.8 Å². The molecule has 67 valence electrons. The monoisotopic (exact) mass is 174 g/mol. The van der Waals surface area contributed by atoms with Gasteiger partial charge in [0.1, 0.15) is 0 Å². The molecule has 1 aromatic carbocycles. The second kappa shape index (κ2) is 6.46. The van der Waals surface area contributed by atoms with Crippen LogP contribution in [-0.2, 0) is 4.84 Å². The number of nitrogens with one attached hydrogen (secondary N) is 1. The van der Waals surface area contributed by atoms with Crippen molar-refractivity contribution < 1.29 is 4.84 Å². The summed E-state index contributed by atoms with van der Waals surface area (Å²) in [6.07, 6.45) is 2.88. The molecule has 1 fully saturated rings. The average Bonchev–Trinajstić information content (AvgIpc) is 2.77. The molecule has 0 bridgehead atoms. The zero-order chi connectivity index (χ0) is 9.36. The van der Waals surface area contributed by atoms with Crippen LogP contribution >= 0.6 is 0 Å². The van der Waals surface area contributed by atoms with Crippen LogP contribution in [0.25, 0.3) is 6.08 Å². The van der Waals surface area contributed by atoms with Crippen molar-refractivity contribution in [2.75, 3.05) is 6.61 Å². The fourth-order valence-electron chi connectivity index (χ4n) is 0.884. The van der Waals surface area contributed by atoms with Crippen LogP contribution in [0.5, 0.6) is 0 Å². The van der Waals surface area contributed by atoms with Crippen molar-refractivity contribution in [3.8, 4) is 0 Å². The van der Waals surface area contributed by atoms with Gasteiger partial charge in [-0.25, -0.2) is 0 Å². The molecule has 1 radical (unpaired) electrons. The van der Waals surface area contributed by atoms with E-state index in [9.17, 15) is 0 Å². The van der Waals surface area contributed by atoms with Crippen LogP contribution in [0.15, 0.2) is 36.9 Å². The third kappa shape index (κ3) is 4.50. The second-order valence-corrected chi connectivity index (χ2v) is 2.57. The highest BCUT2D eigenvalue weighted by atomic mass is 16.6. The van der Waals surface area contributed by atoms with Crippen LogP contribution < -0.4 is 5.39 Å². The topological polar surface area (TPSA) is 21.3 Å². The summed E-state index contributed by atoms with van der Waals surface area (Å²) in [5.74, 6) is 0. The van der Waals surface area contributed by atoms with Crippen molar-refractivity contribution in [1.29, 1.82) is 0 Å². The van der Waals surface area contributed by atoms with Gasteiger partial charge in [0.2, 0.25) is 7.41 Å². The minimum atomic E-state index is 0.833. The van der Waals surface area contributed by atoms with E-state index in [0.29, 0.717) is 0 Å². The summed E-state index contributed by atoms with van der Waals surface area (Å²) >= 11 is 0. The Morgan fingerprint density at radius 2 is 2.15 bits per heavy atom. The summed E-state index contributed by atoms with van der Waals surface area (Å²) in [5.41, 5.74) is 1.17. The highest BCUT2D eigenvalue weighted by Gasteiger charge is 1.96. The summed E-state index contributed by atoms with van der Waals surface area (Å²) < 4.78 is 0. The van der Waals surface area contributed by atoms with E-state index >= 15 is 0 Å². The SMILES string of the molecule is C=Cc1ccccc1.[B]1CCON1. The zero-order valence-electron chi connectivity index (χ0n) is 7.57. The van der Waals surface area contributed by atoms with Crippen molar-refractivity contribution >= 4 is 13.5 Å². The molecule has 1 aliphatic heterocycles. The molecule has 0 spiro atoms. The van der Waals surface area contributed by atoms with E-state index in [1.165, 1.54) is 5.56 Å². The lowest BCUT2D eigenvalue weighted by Gasteiger charge is -1.85. The zero-order valence-corrected chi connectivity index (χ0v) is 7.57. The number of hydrogen-bond acceptors (Lipinski definition) is 2. The Hall–Kier alpha value is -1.06. The highest BCUT2D eigenvalue weighted by Crippen LogP contribution is 1.97. The van der Waals surface area contributed by atoms with E-state index < -0.39 is 0 Å². The van der Waals surface area contributed by atoms with Gasteiger partial charge in [-0.1, -0.05) is 43.0 Å². The molecule has 0 aliphatic carbocycles. The molecule has 3 heteroatoms. The molecule has 1 aliphatic rings. The van der Waals surface area contributed by atoms with E-state index in [1.54, 1.807) is 0 Å². The molecule has 1 saturated heterocycles. The molecule has 2 nitrogen and oxygen atoms in total. The van der Waals surface area contributed by atoms with Gasteiger partial charge in [0.25, 0.3) is 0 Å². The van der Waals surface area contributed by atoms with Gasteiger partial charge in [0, 0.05) is 0 Å². The molecule has 13 heavy (non-hydrogen) atoms. The van der Waals surface area contributed by atoms with Gasteiger partial charge in [-0.05, 0) is 11.9 Å². The Morgan fingerprint density at radius 3 is 2.46 bits per heavy atom. The van der Waals surface area contributed by atoms with Crippen LogP contribution in [0.1, 0.15) is 5.56 Å². The average molecular weight is 174 g/mol. The Kier molecular flexibility index (Phi) is 4.98. The van der Waals surface area contributed by atoms with E-state index in [2.05, 4.69) is 16.8 Å². The maximum atomic E-state index is 4.64. The van der Waals surface area contributed by atoms with Gasteiger partial charge < -0.3 is 4.84 Å². The molecule has 0 unspecified atom stereocenters. The molecule has 0 amide bonds. The van der Waals surface area contributed by atoms with Crippen LogP contribution in [0, 0.1) is 0 Å². The lowest BCUT2D eigenvalue weighted by Crippen LogP contribution is -2.05. The molecule has 0 atom stereocenters. The Morgan fingerprint density at radius 1 is 1.38 bits per heavy atom. The van der Waals surface area contributed by atoms with E-state index in [4.69, 9.17) is 0 Å². The number of hydrogen-bond donors (Lipinski definition) is 1. The summed E-state index contributed by atoms with van der Waals surface area (Å²) in [6, 6.07) is 10.0. The fourth-order valence-corrected chi connectivity index (χ4v) is 0.884. The molecule has 0 saturated carbocycles. The first-order valence-corrected chi connectivity index (χ1v) is 4.30. The molecule has 2 rings (SSSR count). The standard InChI is InChI=1S/C8H8.C2H5BNO/c1-2-8-6-4-3-5-7-8;1-2-5-4-3-1/h2-7H,1H2;4H,1-2H2. The largest absolute Gasteiger partial charge is 0.315 e. The number of rotatable bonds is 1. The Labute approximate surface area is 79.8 Å². The first-order valence-electron chi connectivity index (χ1n) is 4.30. The van der Waals surface area contributed by atoms with Gasteiger partial charge >= 0.3 is 0 Å². The molecule has 0 aromatic heterocycles. The molecular weight excluding hydrogens is 161 g/mol. The maximum Gasteiger partial charge on any atom is 0.244 e. The normalized spacial score (nSPS) is 13.8. The quantitative estimate of drug-likeness (QED) is 0.656. The predicted octanol–water partition coefficient (Wildman–Crippen LogP) is 1.89. The Balaban J connectivity index is 0.000000145. The highest BCUT2D eigenvalue weighted by molar-refractivity contribution is 6.32. The van der Waals surface area contributed by atoms with Crippen LogP contribution in [-0.4, -0.2) is 14.0 Å². The number of benzene rings is 1. The van der Waals surface area contributed by atoms with Gasteiger partial charge in [-0.2, -0.15) is 0 Å².